The monoisotopic (exact) mass is 273 g/mol. The van der Waals surface area contributed by atoms with Crippen LogP contribution in [0.15, 0.2) is 38.8 Å². The van der Waals surface area contributed by atoms with Crippen molar-refractivity contribution in [3.05, 3.63) is 34.5 Å². The summed E-state index contributed by atoms with van der Waals surface area (Å²) in [5.41, 5.74) is 0.783. The van der Waals surface area contributed by atoms with Crippen LogP contribution in [-0.2, 0) is 6.18 Å². The molecule has 0 radical (unpaired) electrons. The van der Waals surface area contributed by atoms with Crippen molar-refractivity contribution in [3.63, 3.8) is 0 Å². The van der Waals surface area contributed by atoms with Gasteiger partial charge in [0.2, 0.25) is 0 Å². The Morgan fingerprint density at radius 2 is 1.82 bits per heavy atom. The molecular formula is C11H6F3NS2. The number of rotatable bonds is 0. The second-order valence-corrected chi connectivity index (χ2v) is 5.41. The number of halogens is 3. The number of hydrogen-bond donors (Lipinski definition) is 1. The lowest BCUT2D eigenvalue weighted by atomic mass is 10.2. The Morgan fingerprint density at radius 1 is 1.00 bits per heavy atom. The molecule has 2 aromatic rings. The van der Waals surface area contributed by atoms with E-state index in [4.69, 9.17) is 0 Å². The molecule has 3 rings (SSSR count). The minimum atomic E-state index is -4.30. The van der Waals surface area contributed by atoms with Gasteiger partial charge in [0.25, 0.3) is 0 Å². The number of anilines is 2. The molecule has 0 atom stereocenters. The van der Waals surface area contributed by atoms with Crippen molar-refractivity contribution in [1.29, 1.82) is 0 Å². The predicted octanol–water partition coefficient (Wildman–Crippen LogP) is 4.98. The summed E-state index contributed by atoms with van der Waals surface area (Å²) in [6, 6.07) is 3.78. The fourth-order valence-corrected chi connectivity index (χ4v) is 3.50. The van der Waals surface area contributed by atoms with Crippen LogP contribution in [0.2, 0.25) is 0 Å². The Hall–Kier alpha value is -1.14. The first-order valence-corrected chi connectivity index (χ1v) is 6.52. The van der Waals surface area contributed by atoms with E-state index in [1.54, 1.807) is 0 Å². The third-order valence-corrected chi connectivity index (χ3v) is 4.45. The average Bonchev–Trinajstić information content (AvgIpc) is 2.70. The summed E-state index contributed by atoms with van der Waals surface area (Å²) < 4.78 is 37.7. The Morgan fingerprint density at radius 3 is 2.59 bits per heavy atom. The first-order valence-electron chi connectivity index (χ1n) is 4.76. The van der Waals surface area contributed by atoms with E-state index in [2.05, 4.69) is 5.32 Å². The highest BCUT2D eigenvalue weighted by molar-refractivity contribution is 7.99. The van der Waals surface area contributed by atoms with Gasteiger partial charge in [0.1, 0.15) is 0 Å². The maximum Gasteiger partial charge on any atom is 0.416 e. The zero-order valence-corrected chi connectivity index (χ0v) is 9.97. The predicted molar refractivity (Wildman–Crippen MR) is 63.2 cm³/mol. The van der Waals surface area contributed by atoms with Crippen LogP contribution in [0.5, 0.6) is 0 Å². The molecule has 6 heteroatoms. The van der Waals surface area contributed by atoms with E-state index in [1.165, 1.54) is 29.2 Å². The van der Waals surface area contributed by atoms with E-state index in [1.807, 2.05) is 10.8 Å². The Bertz CT molecular complexity index is 574. The van der Waals surface area contributed by atoms with Gasteiger partial charge in [-0.1, -0.05) is 11.8 Å². The van der Waals surface area contributed by atoms with Gasteiger partial charge in [-0.15, -0.1) is 11.3 Å². The van der Waals surface area contributed by atoms with Crippen LogP contribution >= 0.6 is 23.1 Å². The molecule has 1 aliphatic rings. The van der Waals surface area contributed by atoms with E-state index >= 15 is 0 Å². The van der Waals surface area contributed by atoms with Gasteiger partial charge in [0.05, 0.1) is 16.9 Å². The summed E-state index contributed by atoms with van der Waals surface area (Å²) in [5, 5.41) is 6.90. The van der Waals surface area contributed by atoms with E-state index in [-0.39, 0.29) is 0 Å². The largest absolute Gasteiger partial charge is 0.416 e. The summed E-state index contributed by atoms with van der Waals surface area (Å²) >= 11 is 3.02. The van der Waals surface area contributed by atoms with E-state index < -0.39 is 11.7 Å². The van der Waals surface area contributed by atoms with Gasteiger partial charge in [-0.05, 0) is 18.2 Å². The topological polar surface area (TPSA) is 12.0 Å². The van der Waals surface area contributed by atoms with Crippen LogP contribution in [0.25, 0.3) is 0 Å². The summed E-state index contributed by atoms with van der Waals surface area (Å²) in [5.74, 6) is 0. The smallest absolute Gasteiger partial charge is 0.353 e. The zero-order valence-electron chi connectivity index (χ0n) is 8.34. The van der Waals surface area contributed by atoms with E-state index in [0.717, 1.165) is 27.6 Å². The van der Waals surface area contributed by atoms with Crippen molar-refractivity contribution < 1.29 is 13.2 Å². The second kappa shape index (κ2) is 3.68. The van der Waals surface area contributed by atoms with Crippen molar-refractivity contribution >= 4 is 34.5 Å². The third-order valence-electron chi connectivity index (χ3n) is 2.42. The SMILES string of the molecule is FC(F)(F)c1ccc2c(c1)Nc1cscc1S2. The third kappa shape index (κ3) is 1.91. The number of nitrogens with one attached hydrogen (secondary N) is 1. The summed E-state index contributed by atoms with van der Waals surface area (Å²) in [7, 11) is 0. The molecule has 0 fully saturated rings. The molecule has 0 unspecified atom stereocenters. The molecule has 0 aliphatic carbocycles. The van der Waals surface area contributed by atoms with Gasteiger partial charge in [0.15, 0.2) is 0 Å². The summed E-state index contributed by atoms with van der Waals surface area (Å²) in [6.07, 6.45) is -4.30. The molecule has 88 valence electrons. The van der Waals surface area contributed by atoms with Crippen molar-refractivity contribution in [3.8, 4) is 0 Å². The van der Waals surface area contributed by atoms with Crippen molar-refractivity contribution in [1.82, 2.24) is 0 Å². The molecule has 2 heterocycles. The highest BCUT2D eigenvalue weighted by atomic mass is 32.2. The maximum atomic E-state index is 12.6. The number of hydrogen-bond acceptors (Lipinski definition) is 3. The Kier molecular flexibility index (Phi) is 2.38. The lowest BCUT2D eigenvalue weighted by Crippen LogP contribution is -2.06. The Labute approximate surface area is 104 Å². The quantitative estimate of drug-likeness (QED) is 0.620. The van der Waals surface area contributed by atoms with Crippen LogP contribution in [0.4, 0.5) is 24.5 Å². The minimum absolute atomic E-state index is 0.524. The molecule has 1 aromatic carbocycles. The van der Waals surface area contributed by atoms with E-state index in [0.29, 0.717) is 5.69 Å². The minimum Gasteiger partial charge on any atom is -0.353 e. The first-order chi connectivity index (χ1) is 8.04. The first kappa shape index (κ1) is 11.0. The van der Waals surface area contributed by atoms with Crippen molar-refractivity contribution in [2.45, 2.75) is 16.0 Å². The Balaban J connectivity index is 2.04. The molecule has 17 heavy (non-hydrogen) atoms. The number of thiophene rings is 1. The van der Waals surface area contributed by atoms with Gasteiger partial charge < -0.3 is 5.32 Å². The molecule has 0 bridgehead atoms. The number of alkyl halides is 3. The number of benzene rings is 1. The molecule has 1 aliphatic heterocycles. The normalized spacial score (nSPS) is 13.8. The summed E-state index contributed by atoms with van der Waals surface area (Å²) in [6.45, 7) is 0. The van der Waals surface area contributed by atoms with Crippen LogP contribution in [0.1, 0.15) is 5.56 Å². The molecular weight excluding hydrogens is 267 g/mol. The lowest BCUT2D eigenvalue weighted by Gasteiger charge is -2.19. The van der Waals surface area contributed by atoms with Crippen LogP contribution < -0.4 is 5.32 Å². The standard InChI is InChI=1S/C11H6F3NS2/c12-11(13,14)6-1-2-9-7(3-6)15-8-4-16-5-10(8)17-9/h1-5,15H. The highest BCUT2D eigenvalue weighted by Crippen LogP contribution is 2.47. The van der Waals surface area contributed by atoms with Gasteiger partial charge in [-0.25, -0.2) is 0 Å². The second-order valence-electron chi connectivity index (χ2n) is 3.59. The molecule has 1 aromatic heterocycles. The zero-order chi connectivity index (χ0) is 12.0. The van der Waals surface area contributed by atoms with Gasteiger partial charge in [-0.2, -0.15) is 13.2 Å². The van der Waals surface area contributed by atoms with Gasteiger partial charge in [0, 0.05) is 20.6 Å². The van der Waals surface area contributed by atoms with Gasteiger partial charge >= 0.3 is 6.18 Å². The highest BCUT2D eigenvalue weighted by Gasteiger charge is 2.31. The number of fused-ring (bicyclic) bond motifs is 2. The van der Waals surface area contributed by atoms with Crippen molar-refractivity contribution in [2.24, 2.45) is 0 Å². The molecule has 0 saturated heterocycles. The lowest BCUT2D eigenvalue weighted by molar-refractivity contribution is -0.137. The maximum absolute atomic E-state index is 12.6. The van der Waals surface area contributed by atoms with Crippen LogP contribution in [0.3, 0.4) is 0 Å². The van der Waals surface area contributed by atoms with Gasteiger partial charge in [-0.3, -0.25) is 0 Å². The summed E-state index contributed by atoms with van der Waals surface area (Å²) in [4.78, 5) is 1.88. The van der Waals surface area contributed by atoms with Crippen molar-refractivity contribution in [2.75, 3.05) is 5.32 Å². The molecule has 0 amide bonds. The molecule has 1 nitrogen and oxygen atoms in total. The fraction of sp³-hybridized carbons (Fsp3) is 0.0909. The average molecular weight is 273 g/mol. The molecule has 1 N–H and O–H groups in total. The molecule has 0 saturated carbocycles. The fourth-order valence-electron chi connectivity index (χ4n) is 1.61. The molecule has 0 spiro atoms. The van der Waals surface area contributed by atoms with Crippen LogP contribution in [-0.4, -0.2) is 0 Å². The van der Waals surface area contributed by atoms with Crippen LogP contribution in [0, 0.1) is 0 Å². The van der Waals surface area contributed by atoms with E-state index in [9.17, 15) is 13.2 Å².